The number of morpholine rings is 1. The molecule has 1 aromatic carbocycles. The summed E-state index contributed by atoms with van der Waals surface area (Å²) in [7, 11) is 0. The molecule has 0 aliphatic carbocycles. The number of hydrogen-bond donors (Lipinski definition) is 1. The highest BCUT2D eigenvalue weighted by Gasteiger charge is 2.10. The first-order chi connectivity index (χ1) is 8.24. The van der Waals surface area contributed by atoms with Crippen LogP contribution in [-0.4, -0.2) is 42.4 Å². The van der Waals surface area contributed by atoms with Gasteiger partial charge in [0.15, 0.2) is 0 Å². The Morgan fingerprint density at radius 2 is 2.00 bits per heavy atom. The van der Waals surface area contributed by atoms with Gasteiger partial charge in [-0.25, -0.2) is 0 Å². The fourth-order valence-electron chi connectivity index (χ4n) is 2.21. The normalized spacial score (nSPS) is 19.2. The second kappa shape index (κ2) is 6.15. The molecule has 1 aliphatic heterocycles. The fraction of sp³-hybridized carbons (Fsp3) is 0.571. The van der Waals surface area contributed by atoms with E-state index in [0.717, 1.165) is 39.3 Å². The number of aliphatic hydroxyl groups excluding tert-OH is 1. The second-order valence-corrected chi connectivity index (χ2v) is 4.76. The molecule has 1 N–H and O–H groups in total. The smallest absolute Gasteiger partial charge is 0.0594 e. The molecule has 0 radical (unpaired) electrons. The van der Waals surface area contributed by atoms with Gasteiger partial charge in [0.2, 0.25) is 0 Å². The lowest BCUT2D eigenvalue weighted by Crippen LogP contribution is -2.35. The Kier molecular flexibility index (Phi) is 4.54. The first-order valence-electron chi connectivity index (χ1n) is 6.30. The summed E-state index contributed by atoms with van der Waals surface area (Å²) < 4.78 is 5.34. The van der Waals surface area contributed by atoms with Gasteiger partial charge >= 0.3 is 0 Å². The molecule has 0 spiro atoms. The molecule has 2 rings (SSSR count). The zero-order chi connectivity index (χ0) is 12.1. The Hall–Kier alpha value is -0.900. The highest BCUT2D eigenvalue weighted by atomic mass is 16.5. The lowest BCUT2D eigenvalue weighted by Gasteiger charge is -2.26. The van der Waals surface area contributed by atoms with Crippen LogP contribution in [0.4, 0.5) is 0 Å². The Balaban J connectivity index is 1.95. The predicted molar refractivity (Wildman–Crippen MR) is 67.9 cm³/mol. The van der Waals surface area contributed by atoms with Gasteiger partial charge in [0, 0.05) is 19.6 Å². The molecule has 0 saturated carbocycles. The largest absolute Gasteiger partial charge is 0.393 e. The van der Waals surface area contributed by atoms with Crippen LogP contribution in [0.3, 0.4) is 0 Å². The molecule has 1 heterocycles. The molecule has 0 aromatic heterocycles. The van der Waals surface area contributed by atoms with Crippen molar-refractivity contribution in [3.8, 4) is 0 Å². The molecule has 3 heteroatoms. The summed E-state index contributed by atoms with van der Waals surface area (Å²) in [5, 5.41) is 9.39. The van der Waals surface area contributed by atoms with E-state index in [1.165, 1.54) is 11.1 Å². The highest BCUT2D eigenvalue weighted by molar-refractivity contribution is 5.24. The van der Waals surface area contributed by atoms with Crippen LogP contribution >= 0.6 is 0 Å². The van der Waals surface area contributed by atoms with Crippen LogP contribution in [0.1, 0.15) is 18.1 Å². The van der Waals surface area contributed by atoms with E-state index in [9.17, 15) is 5.11 Å². The molecule has 1 fully saturated rings. The number of aliphatic hydroxyl groups is 1. The van der Waals surface area contributed by atoms with Crippen LogP contribution < -0.4 is 0 Å². The molecule has 1 unspecified atom stereocenters. The van der Waals surface area contributed by atoms with E-state index in [4.69, 9.17) is 4.74 Å². The van der Waals surface area contributed by atoms with Gasteiger partial charge < -0.3 is 9.84 Å². The van der Waals surface area contributed by atoms with E-state index in [-0.39, 0.29) is 6.10 Å². The van der Waals surface area contributed by atoms with Crippen molar-refractivity contribution in [3.63, 3.8) is 0 Å². The maximum atomic E-state index is 9.39. The lowest BCUT2D eigenvalue weighted by molar-refractivity contribution is 0.0342. The van der Waals surface area contributed by atoms with Gasteiger partial charge in [-0.3, -0.25) is 4.90 Å². The maximum absolute atomic E-state index is 9.39. The first kappa shape index (κ1) is 12.6. The second-order valence-electron chi connectivity index (χ2n) is 4.76. The summed E-state index contributed by atoms with van der Waals surface area (Å²) >= 11 is 0. The van der Waals surface area contributed by atoms with Crippen LogP contribution in [0.15, 0.2) is 24.3 Å². The van der Waals surface area contributed by atoms with E-state index < -0.39 is 0 Å². The summed E-state index contributed by atoms with van der Waals surface area (Å²) in [6, 6.07) is 8.51. The van der Waals surface area contributed by atoms with Crippen LogP contribution in [-0.2, 0) is 17.7 Å². The molecule has 0 amide bonds. The molecule has 1 aliphatic rings. The van der Waals surface area contributed by atoms with Crippen LogP contribution in [0.5, 0.6) is 0 Å². The number of benzene rings is 1. The summed E-state index contributed by atoms with van der Waals surface area (Å²) in [4.78, 5) is 2.41. The topological polar surface area (TPSA) is 32.7 Å². The lowest BCUT2D eigenvalue weighted by atomic mass is 10.1. The van der Waals surface area contributed by atoms with Crippen molar-refractivity contribution >= 4 is 0 Å². The number of ether oxygens (including phenoxy) is 1. The van der Waals surface area contributed by atoms with Gasteiger partial charge in [0.05, 0.1) is 19.3 Å². The van der Waals surface area contributed by atoms with E-state index in [1.54, 1.807) is 0 Å². The molecular weight excluding hydrogens is 214 g/mol. The van der Waals surface area contributed by atoms with Gasteiger partial charge in [-0.15, -0.1) is 0 Å². The molecule has 17 heavy (non-hydrogen) atoms. The minimum absolute atomic E-state index is 0.270. The average molecular weight is 235 g/mol. The third-order valence-corrected chi connectivity index (χ3v) is 3.03. The number of nitrogens with zero attached hydrogens (tertiary/aromatic N) is 1. The van der Waals surface area contributed by atoms with Gasteiger partial charge in [-0.1, -0.05) is 24.3 Å². The maximum Gasteiger partial charge on any atom is 0.0594 e. The van der Waals surface area contributed by atoms with Crippen LogP contribution in [0.25, 0.3) is 0 Å². The zero-order valence-corrected chi connectivity index (χ0v) is 10.4. The van der Waals surface area contributed by atoms with Crippen LogP contribution in [0.2, 0.25) is 0 Å². The fourth-order valence-corrected chi connectivity index (χ4v) is 2.21. The van der Waals surface area contributed by atoms with E-state index in [1.807, 2.05) is 6.92 Å². The average Bonchev–Trinajstić information content (AvgIpc) is 2.30. The summed E-state index contributed by atoms with van der Waals surface area (Å²) in [5.41, 5.74) is 2.54. The summed E-state index contributed by atoms with van der Waals surface area (Å²) in [5.74, 6) is 0. The summed E-state index contributed by atoms with van der Waals surface area (Å²) in [6.07, 6.45) is 0.463. The monoisotopic (exact) mass is 235 g/mol. The molecule has 1 saturated heterocycles. The molecule has 1 atom stereocenters. The Morgan fingerprint density at radius 1 is 1.29 bits per heavy atom. The van der Waals surface area contributed by atoms with Crippen LogP contribution in [0, 0.1) is 0 Å². The quantitative estimate of drug-likeness (QED) is 0.857. The molecule has 3 nitrogen and oxygen atoms in total. The van der Waals surface area contributed by atoms with E-state index in [0.29, 0.717) is 0 Å². The van der Waals surface area contributed by atoms with Crippen molar-refractivity contribution in [1.29, 1.82) is 0 Å². The van der Waals surface area contributed by atoms with E-state index in [2.05, 4.69) is 29.2 Å². The number of hydrogen-bond acceptors (Lipinski definition) is 3. The molecule has 1 aromatic rings. The van der Waals surface area contributed by atoms with Crippen molar-refractivity contribution in [1.82, 2.24) is 4.90 Å². The molecule has 0 bridgehead atoms. The van der Waals surface area contributed by atoms with Crippen molar-refractivity contribution < 1.29 is 9.84 Å². The number of rotatable bonds is 4. The minimum Gasteiger partial charge on any atom is -0.393 e. The standard InChI is InChI=1S/C14H21NO2/c1-12(16)9-13-3-2-4-14(10-13)11-15-5-7-17-8-6-15/h2-4,10,12,16H,5-9,11H2,1H3. The first-order valence-corrected chi connectivity index (χ1v) is 6.30. The Bertz CT molecular complexity index is 346. The molecular formula is C14H21NO2. The SMILES string of the molecule is CC(O)Cc1cccc(CN2CCOCC2)c1. The van der Waals surface area contributed by atoms with Gasteiger partial charge in [-0.05, 0) is 24.5 Å². The van der Waals surface area contributed by atoms with Crippen molar-refractivity contribution in [2.24, 2.45) is 0 Å². The van der Waals surface area contributed by atoms with Crippen molar-refractivity contribution in [2.75, 3.05) is 26.3 Å². The van der Waals surface area contributed by atoms with Gasteiger partial charge in [0.25, 0.3) is 0 Å². The van der Waals surface area contributed by atoms with Crippen molar-refractivity contribution in [2.45, 2.75) is 26.0 Å². The summed E-state index contributed by atoms with van der Waals surface area (Å²) in [6.45, 7) is 6.52. The Morgan fingerprint density at radius 3 is 2.71 bits per heavy atom. The van der Waals surface area contributed by atoms with Crippen molar-refractivity contribution in [3.05, 3.63) is 35.4 Å². The third-order valence-electron chi connectivity index (χ3n) is 3.03. The Labute approximate surface area is 103 Å². The highest BCUT2D eigenvalue weighted by Crippen LogP contribution is 2.11. The minimum atomic E-state index is -0.270. The molecule has 94 valence electrons. The van der Waals surface area contributed by atoms with E-state index >= 15 is 0 Å². The zero-order valence-electron chi connectivity index (χ0n) is 10.4. The predicted octanol–water partition coefficient (Wildman–Crippen LogP) is 1.44. The van der Waals surface area contributed by atoms with Gasteiger partial charge in [-0.2, -0.15) is 0 Å². The van der Waals surface area contributed by atoms with Gasteiger partial charge in [0.1, 0.15) is 0 Å². The third kappa shape index (κ3) is 4.11.